The second-order valence-electron chi connectivity index (χ2n) is 7.34. The molecule has 10 heteroatoms. The molecule has 1 aromatic heterocycles. The van der Waals surface area contributed by atoms with E-state index in [0.717, 1.165) is 6.42 Å². The number of benzene rings is 1. The second kappa shape index (κ2) is 12.9. The molecular formula is C23H31N7O3. The molecule has 2 rings (SSSR count). The highest BCUT2D eigenvalue weighted by atomic mass is 16.2. The van der Waals surface area contributed by atoms with Crippen LogP contribution in [0.2, 0.25) is 0 Å². The van der Waals surface area contributed by atoms with E-state index in [0.29, 0.717) is 41.7 Å². The molecule has 2 aromatic rings. The smallest absolute Gasteiger partial charge is 0.260 e. The van der Waals surface area contributed by atoms with Gasteiger partial charge in [0.05, 0.1) is 6.54 Å². The summed E-state index contributed by atoms with van der Waals surface area (Å²) in [7, 11) is 3.33. The van der Waals surface area contributed by atoms with Crippen molar-refractivity contribution < 1.29 is 14.4 Å². The van der Waals surface area contributed by atoms with Crippen LogP contribution in [0.25, 0.3) is 0 Å². The maximum Gasteiger partial charge on any atom is 0.260 e. The number of likely N-dealkylation sites (N-methyl/N-ethyl adjacent to an activating group) is 2. The molecule has 176 valence electrons. The Morgan fingerprint density at radius 2 is 1.88 bits per heavy atom. The van der Waals surface area contributed by atoms with Crippen LogP contribution in [0.4, 0.5) is 17.2 Å². The lowest BCUT2D eigenvalue weighted by Gasteiger charge is -2.15. The molecule has 0 radical (unpaired) electrons. The first-order chi connectivity index (χ1) is 15.8. The van der Waals surface area contributed by atoms with Crippen molar-refractivity contribution in [1.29, 1.82) is 0 Å². The predicted molar refractivity (Wildman–Crippen MR) is 129 cm³/mol. The zero-order chi connectivity index (χ0) is 24.2. The number of amides is 3. The first kappa shape index (κ1) is 25.5. The predicted octanol–water partition coefficient (Wildman–Crippen LogP) is 2.03. The Hall–Kier alpha value is -3.79. The Balaban J connectivity index is 2.01. The lowest BCUT2D eigenvalue weighted by molar-refractivity contribution is -0.129. The zero-order valence-electron chi connectivity index (χ0n) is 19.4. The molecule has 10 nitrogen and oxygen atoms in total. The Morgan fingerprint density at radius 3 is 2.58 bits per heavy atom. The fourth-order valence-electron chi connectivity index (χ4n) is 2.79. The fourth-order valence-corrected chi connectivity index (χ4v) is 2.79. The van der Waals surface area contributed by atoms with Crippen LogP contribution >= 0.6 is 0 Å². The van der Waals surface area contributed by atoms with Crippen LogP contribution in [-0.4, -0.2) is 66.3 Å². The van der Waals surface area contributed by atoms with E-state index in [9.17, 15) is 14.4 Å². The molecule has 33 heavy (non-hydrogen) atoms. The average molecular weight is 454 g/mol. The highest BCUT2D eigenvalue weighted by molar-refractivity contribution is 6.07. The summed E-state index contributed by atoms with van der Waals surface area (Å²) in [5, 5.41) is 11.6. The van der Waals surface area contributed by atoms with Gasteiger partial charge in [0.1, 0.15) is 17.2 Å². The second-order valence-corrected chi connectivity index (χ2v) is 7.34. The quantitative estimate of drug-likeness (QED) is 0.383. The van der Waals surface area contributed by atoms with Crippen LogP contribution in [0.3, 0.4) is 0 Å². The fraction of sp³-hybridized carbons (Fsp3) is 0.348. The molecule has 0 spiro atoms. The molecule has 0 saturated carbocycles. The maximum atomic E-state index is 12.8. The number of nitrogens with zero attached hydrogens (tertiary/aromatic N) is 3. The van der Waals surface area contributed by atoms with Crippen LogP contribution < -0.4 is 21.3 Å². The van der Waals surface area contributed by atoms with Crippen LogP contribution in [0.15, 0.2) is 42.6 Å². The number of hydrogen-bond acceptors (Lipinski definition) is 7. The molecule has 0 aliphatic heterocycles. The summed E-state index contributed by atoms with van der Waals surface area (Å²) in [6.07, 6.45) is 5.47. The number of anilines is 3. The minimum atomic E-state index is -0.365. The van der Waals surface area contributed by atoms with Gasteiger partial charge in [0.25, 0.3) is 5.91 Å². The summed E-state index contributed by atoms with van der Waals surface area (Å²) in [4.78, 5) is 46.9. The van der Waals surface area contributed by atoms with E-state index in [1.807, 2.05) is 6.92 Å². The van der Waals surface area contributed by atoms with Crippen molar-refractivity contribution in [3.8, 4) is 0 Å². The van der Waals surface area contributed by atoms with Crippen molar-refractivity contribution in [3.05, 3.63) is 54.0 Å². The zero-order valence-corrected chi connectivity index (χ0v) is 19.4. The van der Waals surface area contributed by atoms with Crippen LogP contribution in [0.1, 0.15) is 29.5 Å². The van der Waals surface area contributed by atoms with Gasteiger partial charge in [0.2, 0.25) is 11.8 Å². The van der Waals surface area contributed by atoms with E-state index in [1.54, 1.807) is 51.4 Å². The third-order valence-electron chi connectivity index (χ3n) is 4.44. The molecule has 0 aliphatic carbocycles. The molecule has 0 atom stereocenters. The van der Waals surface area contributed by atoms with Gasteiger partial charge in [-0.3, -0.25) is 14.4 Å². The monoisotopic (exact) mass is 453 g/mol. The van der Waals surface area contributed by atoms with E-state index >= 15 is 0 Å². The van der Waals surface area contributed by atoms with Crippen molar-refractivity contribution in [3.63, 3.8) is 0 Å². The number of carbonyl (C=O) groups excluding carboxylic acids is 3. The molecule has 0 fully saturated rings. The van der Waals surface area contributed by atoms with Crippen LogP contribution in [-0.2, 0) is 9.59 Å². The van der Waals surface area contributed by atoms with Gasteiger partial charge in [-0.2, -0.15) is 0 Å². The third kappa shape index (κ3) is 8.34. The van der Waals surface area contributed by atoms with Crippen molar-refractivity contribution in [2.24, 2.45) is 0 Å². The molecule has 0 saturated heterocycles. The summed E-state index contributed by atoms with van der Waals surface area (Å²) < 4.78 is 0. The van der Waals surface area contributed by atoms with E-state index in [2.05, 4.69) is 31.2 Å². The number of rotatable bonds is 11. The van der Waals surface area contributed by atoms with E-state index in [1.165, 1.54) is 17.2 Å². The number of carbonyl (C=O) groups is 3. The van der Waals surface area contributed by atoms with Gasteiger partial charge in [-0.15, -0.1) is 0 Å². The minimum absolute atomic E-state index is 0.105. The van der Waals surface area contributed by atoms with Gasteiger partial charge in [-0.25, -0.2) is 9.97 Å². The number of hydrogen-bond donors (Lipinski definition) is 4. The van der Waals surface area contributed by atoms with E-state index in [-0.39, 0.29) is 24.3 Å². The Labute approximate surface area is 193 Å². The van der Waals surface area contributed by atoms with E-state index in [4.69, 9.17) is 0 Å². The van der Waals surface area contributed by atoms with Crippen molar-refractivity contribution in [1.82, 2.24) is 20.2 Å². The maximum absolute atomic E-state index is 12.8. The number of aryl methyl sites for hydroxylation is 1. The summed E-state index contributed by atoms with van der Waals surface area (Å²) in [5.41, 5.74) is 1.32. The minimum Gasteiger partial charge on any atom is -0.369 e. The molecule has 0 unspecified atom stereocenters. The summed E-state index contributed by atoms with van der Waals surface area (Å²) in [5.74, 6) is 0.0536. The highest BCUT2D eigenvalue weighted by Crippen LogP contribution is 2.18. The lowest BCUT2D eigenvalue weighted by atomic mass is 10.2. The van der Waals surface area contributed by atoms with Gasteiger partial charge in [-0.05, 0) is 38.6 Å². The number of aromatic nitrogens is 2. The SMILES string of the molecule is CCCNc1nc(C)ncc1C(=O)Nc1cccc(NC(=O)CN(C)C(=O)/C=C/CNC)c1. The van der Waals surface area contributed by atoms with Gasteiger partial charge < -0.3 is 26.2 Å². The van der Waals surface area contributed by atoms with E-state index < -0.39 is 0 Å². The Bertz CT molecular complexity index is 1010. The molecule has 1 heterocycles. The first-order valence-electron chi connectivity index (χ1n) is 10.7. The molecule has 1 aromatic carbocycles. The standard InChI is InChI=1S/C23H31N7O3/c1-5-11-25-22-19(14-26-16(2)27-22)23(33)29-18-9-6-8-17(13-18)28-20(31)15-30(4)21(32)10-7-12-24-3/h6-10,13-14,24H,5,11-12,15H2,1-4H3,(H,28,31)(H,29,33)(H,25,26,27)/b10-7+. The van der Waals surface area contributed by atoms with Crippen LogP contribution in [0.5, 0.6) is 0 Å². The lowest BCUT2D eigenvalue weighted by Crippen LogP contribution is -2.34. The van der Waals surface area contributed by atoms with Crippen molar-refractivity contribution in [2.75, 3.05) is 49.7 Å². The van der Waals surface area contributed by atoms with Crippen molar-refractivity contribution in [2.45, 2.75) is 20.3 Å². The Morgan fingerprint density at radius 1 is 1.15 bits per heavy atom. The molecule has 3 amide bonds. The van der Waals surface area contributed by atoms with Gasteiger partial charge in [0.15, 0.2) is 0 Å². The molecule has 4 N–H and O–H groups in total. The van der Waals surface area contributed by atoms with Gasteiger partial charge in [0, 0.05) is 43.8 Å². The first-order valence-corrected chi connectivity index (χ1v) is 10.7. The third-order valence-corrected chi connectivity index (χ3v) is 4.44. The summed E-state index contributed by atoms with van der Waals surface area (Å²) in [6, 6.07) is 6.76. The summed E-state index contributed by atoms with van der Waals surface area (Å²) >= 11 is 0. The normalized spacial score (nSPS) is 10.7. The van der Waals surface area contributed by atoms with Crippen LogP contribution in [0, 0.1) is 6.92 Å². The Kier molecular flexibility index (Phi) is 9.97. The van der Waals surface area contributed by atoms with Crippen molar-refractivity contribution >= 4 is 34.9 Å². The van der Waals surface area contributed by atoms with Gasteiger partial charge in [-0.1, -0.05) is 19.1 Å². The molecular weight excluding hydrogens is 422 g/mol. The summed E-state index contributed by atoms with van der Waals surface area (Å²) in [6.45, 7) is 4.92. The van der Waals surface area contributed by atoms with Gasteiger partial charge >= 0.3 is 0 Å². The largest absolute Gasteiger partial charge is 0.369 e. The topological polar surface area (TPSA) is 128 Å². The average Bonchev–Trinajstić information content (AvgIpc) is 2.77. The number of nitrogens with one attached hydrogen (secondary N) is 4. The molecule has 0 aliphatic rings. The molecule has 0 bridgehead atoms. The highest BCUT2D eigenvalue weighted by Gasteiger charge is 2.15.